The van der Waals surface area contributed by atoms with Crippen LogP contribution in [0.2, 0.25) is 0 Å². The Bertz CT molecular complexity index is 650. The summed E-state index contributed by atoms with van der Waals surface area (Å²) in [5.74, 6) is -0.296. The molecule has 1 aromatic rings. The molecule has 0 bridgehead atoms. The largest absolute Gasteiger partial charge is 0.295 e. The van der Waals surface area contributed by atoms with E-state index < -0.39 is 10.0 Å². The quantitative estimate of drug-likeness (QED) is 0.803. The van der Waals surface area contributed by atoms with Gasteiger partial charge in [-0.15, -0.1) is 9.24 Å². The minimum Gasteiger partial charge on any atom is -0.295 e. The Morgan fingerprint density at radius 1 is 1.30 bits per heavy atom. The topological polar surface area (TPSA) is 54.5 Å². The summed E-state index contributed by atoms with van der Waals surface area (Å²) in [6, 6.07) is 6.76. The van der Waals surface area contributed by atoms with Gasteiger partial charge >= 0.3 is 0 Å². The van der Waals surface area contributed by atoms with E-state index in [9.17, 15) is 13.2 Å². The van der Waals surface area contributed by atoms with Crippen molar-refractivity contribution < 1.29 is 13.2 Å². The number of nitrogens with zero attached hydrogens (tertiary/aromatic N) is 1. The number of Topliss-reactive ketones (excluding diaryl/α,β-unsaturated/α-hetero) is 1. The highest BCUT2D eigenvalue weighted by Gasteiger charge is 2.32. The third kappa shape index (κ3) is 3.00. The summed E-state index contributed by atoms with van der Waals surface area (Å²) in [6.45, 7) is 3.51. The molecule has 2 atom stereocenters. The van der Waals surface area contributed by atoms with E-state index in [2.05, 4.69) is 9.24 Å². The van der Waals surface area contributed by atoms with E-state index in [0.29, 0.717) is 12.0 Å². The van der Waals surface area contributed by atoms with Crippen LogP contribution in [0.1, 0.15) is 18.9 Å². The number of ketones is 1. The number of hydrogen-bond acceptors (Lipinski definition) is 3. The summed E-state index contributed by atoms with van der Waals surface area (Å²) in [6.07, 6.45) is 2.35. The van der Waals surface area contributed by atoms with E-state index in [1.165, 1.54) is 11.2 Å². The molecule has 2 unspecified atom stereocenters. The van der Waals surface area contributed by atoms with E-state index in [4.69, 9.17) is 0 Å². The molecule has 1 aliphatic heterocycles. The van der Waals surface area contributed by atoms with E-state index in [1.807, 2.05) is 13.0 Å². The van der Waals surface area contributed by atoms with Crippen LogP contribution < -0.4 is 0 Å². The molecule has 0 spiro atoms. The first-order valence-electron chi connectivity index (χ1n) is 6.36. The van der Waals surface area contributed by atoms with Crippen LogP contribution in [0.3, 0.4) is 0 Å². The van der Waals surface area contributed by atoms with Crippen molar-refractivity contribution in [3.63, 3.8) is 0 Å². The summed E-state index contributed by atoms with van der Waals surface area (Å²) in [5.41, 5.74) is 1.56. The minimum absolute atomic E-state index is 0.0778. The van der Waals surface area contributed by atoms with Crippen LogP contribution in [0.15, 0.2) is 40.8 Å². The normalized spacial score (nSPS) is 20.6. The SMILES string of the molecule is CC(=O)C1=CCC(P)N(S(=O)(=O)c2ccc(C)cc2)C1. The molecule has 108 valence electrons. The first-order chi connectivity index (χ1) is 9.32. The fourth-order valence-corrected chi connectivity index (χ4v) is 4.32. The number of carbonyl (C=O) groups excluding carboxylic acids is 1. The Morgan fingerprint density at radius 2 is 1.90 bits per heavy atom. The smallest absolute Gasteiger partial charge is 0.243 e. The Morgan fingerprint density at radius 3 is 2.45 bits per heavy atom. The molecule has 0 N–H and O–H groups in total. The van der Waals surface area contributed by atoms with Crippen molar-refractivity contribution in [3.8, 4) is 0 Å². The van der Waals surface area contributed by atoms with Gasteiger partial charge in [-0.25, -0.2) is 8.42 Å². The molecule has 20 heavy (non-hydrogen) atoms. The van der Waals surface area contributed by atoms with Gasteiger partial charge in [-0.1, -0.05) is 23.8 Å². The van der Waals surface area contributed by atoms with Gasteiger partial charge < -0.3 is 0 Å². The molecule has 0 aliphatic carbocycles. The van der Waals surface area contributed by atoms with Crippen LogP contribution in [0.4, 0.5) is 0 Å². The summed E-state index contributed by atoms with van der Waals surface area (Å²) < 4.78 is 26.7. The molecule has 6 heteroatoms. The third-order valence-corrected chi connectivity index (χ3v) is 6.11. The molecule has 1 aromatic carbocycles. The van der Waals surface area contributed by atoms with Crippen molar-refractivity contribution >= 4 is 25.0 Å². The summed E-state index contributed by atoms with van der Waals surface area (Å²) >= 11 is 0. The van der Waals surface area contributed by atoms with Gasteiger partial charge in [0.05, 0.1) is 4.90 Å². The van der Waals surface area contributed by atoms with Crippen LogP contribution in [0.5, 0.6) is 0 Å². The number of aryl methyl sites for hydroxylation is 1. The van der Waals surface area contributed by atoms with Crippen molar-refractivity contribution in [2.24, 2.45) is 0 Å². The first-order valence-corrected chi connectivity index (χ1v) is 8.47. The van der Waals surface area contributed by atoms with Crippen LogP contribution in [-0.2, 0) is 14.8 Å². The van der Waals surface area contributed by atoms with Crippen molar-refractivity contribution in [2.75, 3.05) is 6.54 Å². The van der Waals surface area contributed by atoms with E-state index >= 15 is 0 Å². The highest BCUT2D eigenvalue weighted by molar-refractivity contribution is 7.89. The maximum absolute atomic E-state index is 12.7. The molecule has 1 aliphatic rings. The van der Waals surface area contributed by atoms with Gasteiger partial charge in [0.15, 0.2) is 5.78 Å². The van der Waals surface area contributed by atoms with E-state index in [0.717, 1.165) is 5.56 Å². The Kier molecular flexibility index (Phi) is 4.43. The first kappa shape index (κ1) is 15.4. The average molecular weight is 311 g/mol. The molecule has 0 saturated carbocycles. The molecule has 0 radical (unpaired) electrons. The predicted molar refractivity (Wildman–Crippen MR) is 81.9 cm³/mol. The Labute approximate surface area is 122 Å². The van der Waals surface area contributed by atoms with Gasteiger partial charge in [-0.3, -0.25) is 4.79 Å². The fraction of sp³-hybridized carbons (Fsp3) is 0.357. The standard InChI is InChI=1S/C14H18NO3PS/c1-10-3-6-13(7-4-10)20(17,18)15-9-12(11(2)16)5-8-14(15)19/h3-7,14H,8-9,19H2,1-2H3. The van der Waals surface area contributed by atoms with Gasteiger partial charge in [0.1, 0.15) is 0 Å². The molecule has 0 aromatic heterocycles. The number of hydrogen-bond donors (Lipinski definition) is 0. The second-order valence-electron chi connectivity index (χ2n) is 4.95. The molecule has 0 amide bonds. The number of carbonyl (C=O) groups is 1. The molecule has 0 fully saturated rings. The minimum atomic E-state index is -3.57. The van der Waals surface area contributed by atoms with Crippen LogP contribution in [-0.4, -0.2) is 30.8 Å². The fourth-order valence-electron chi connectivity index (χ4n) is 2.09. The van der Waals surface area contributed by atoms with Crippen LogP contribution in [0.25, 0.3) is 0 Å². The van der Waals surface area contributed by atoms with E-state index in [1.54, 1.807) is 24.3 Å². The zero-order valence-corrected chi connectivity index (χ0v) is 13.5. The Balaban J connectivity index is 2.36. The molecule has 4 nitrogen and oxygen atoms in total. The molecular weight excluding hydrogens is 293 g/mol. The zero-order valence-electron chi connectivity index (χ0n) is 11.5. The average Bonchev–Trinajstić information content (AvgIpc) is 2.39. The summed E-state index contributed by atoms with van der Waals surface area (Å²) in [5, 5.41) is 0. The van der Waals surface area contributed by atoms with Gasteiger partial charge in [0.2, 0.25) is 10.0 Å². The molecule has 0 saturated heterocycles. The van der Waals surface area contributed by atoms with Gasteiger partial charge in [-0.05, 0) is 32.4 Å². The second kappa shape index (κ2) is 5.76. The van der Waals surface area contributed by atoms with Gasteiger partial charge in [0, 0.05) is 17.9 Å². The molecule has 1 heterocycles. The lowest BCUT2D eigenvalue weighted by Crippen LogP contribution is -2.41. The maximum Gasteiger partial charge on any atom is 0.243 e. The second-order valence-corrected chi connectivity index (χ2v) is 7.61. The number of rotatable bonds is 3. The maximum atomic E-state index is 12.7. The van der Waals surface area contributed by atoms with Crippen LogP contribution in [0, 0.1) is 6.92 Å². The summed E-state index contributed by atoms with van der Waals surface area (Å²) in [7, 11) is -1.04. The van der Waals surface area contributed by atoms with Crippen LogP contribution >= 0.6 is 9.24 Å². The molecule has 2 rings (SSSR count). The highest BCUT2D eigenvalue weighted by atomic mass is 32.2. The summed E-state index contributed by atoms with van der Waals surface area (Å²) in [4.78, 5) is 11.7. The van der Waals surface area contributed by atoms with Crippen molar-refractivity contribution in [2.45, 2.75) is 30.9 Å². The predicted octanol–water partition coefficient (Wildman–Crippen LogP) is 2.11. The van der Waals surface area contributed by atoms with Gasteiger partial charge in [0.25, 0.3) is 0 Å². The van der Waals surface area contributed by atoms with Crippen molar-refractivity contribution in [1.82, 2.24) is 4.31 Å². The lowest BCUT2D eigenvalue weighted by Gasteiger charge is -2.31. The molecular formula is C14H18NO3PS. The zero-order chi connectivity index (χ0) is 14.9. The van der Waals surface area contributed by atoms with Crippen molar-refractivity contribution in [1.29, 1.82) is 0 Å². The highest BCUT2D eigenvalue weighted by Crippen LogP contribution is 2.28. The monoisotopic (exact) mass is 311 g/mol. The lowest BCUT2D eigenvalue weighted by atomic mass is 10.1. The Hall–Kier alpha value is -1.03. The van der Waals surface area contributed by atoms with Crippen molar-refractivity contribution in [3.05, 3.63) is 41.5 Å². The lowest BCUT2D eigenvalue weighted by molar-refractivity contribution is -0.113. The number of benzene rings is 1. The number of sulfonamides is 1. The third-order valence-electron chi connectivity index (χ3n) is 3.38. The van der Waals surface area contributed by atoms with E-state index in [-0.39, 0.29) is 23.0 Å². The van der Waals surface area contributed by atoms with Gasteiger partial charge in [-0.2, -0.15) is 4.31 Å².